The maximum atomic E-state index is 6.41. The first-order chi connectivity index (χ1) is 8.59. The van der Waals surface area contributed by atoms with E-state index < -0.39 is 0 Å². The summed E-state index contributed by atoms with van der Waals surface area (Å²) in [6.45, 7) is 4.60. The monoisotopic (exact) mass is 247 g/mol. The van der Waals surface area contributed by atoms with Crippen LogP contribution in [0, 0.1) is 0 Å². The Hall–Kier alpha value is -0.990. The number of nitrogens with zero attached hydrogens (tertiary/aromatic N) is 2. The number of fused-ring (bicyclic) bond motifs is 1. The second-order valence-corrected chi connectivity index (χ2v) is 6.68. The summed E-state index contributed by atoms with van der Waals surface area (Å²) in [6.07, 6.45) is 10.2. The molecule has 3 heteroatoms. The number of aromatic nitrogens is 2. The summed E-state index contributed by atoms with van der Waals surface area (Å²) < 4.78 is 2.16. The second kappa shape index (κ2) is 4.29. The van der Waals surface area contributed by atoms with Gasteiger partial charge in [0.25, 0.3) is 0 Å². The van der Waals surface area contributed by atoms with Gasteiger partial charge in [0.15, 0.2) is 0 Å². The van der Waals surface area contributed by atoms with Crippen molar-refractivity contribution in [1.82, 2.24) is 9.78 Å². The molecule has 0 unspecified atom stereocenters. The van der Waals surface area contributed by atoms with Gasteiger partial charge in [-0.2, -0.15) is 5.10 Å². The van der Waals surface area contributed by atoms with E-state index in [4.69, 9.17) is 10.8 Å². The Balaban J connectivity index is 1.94. The van der Waals surface area contributed by atoms with Gasteiger partial charge in [-0.15, -0.1) is 0 Å². The summed E-state index contributed by atoms with van der Waals surface area (Å²) in [5.41, 5.74) is 9.24. The number of aryl methyl sites for hydroxylation is 1. The molecule has 1 fully saturated rings. The minimum atomic E-state index is 0.225. The standard InChI is InChI=1S/C15H25N3/c1-15(2)10-9-12-13(15)14(16)18(17-12)11-7-5-3-4-6-8-11/h11H,3-10,16H2,1-2H3. The average molecular weight is 247 g/mol. The highest BCUT2D eigenvalue weighted by Crippen LogP contribution is 2.43. The number of hydrogen-bond donors (Lipinski definition) is 1. The molecule has 3 rings (SSSR count). The lowest BCUT2D eigenvalue weighted by molar-refractivity contribution is 0.404. The molecule has 0 amide bonds. The van der Waals surface area contributed by atoms with Crippen LogP contribution >= 0.6 is 0 Å². The van der Waals surface area contributed by atoms with Gasteiger partial charge in [-0.25, -0.2) is 4.68 Å². The van der Waals surface area contributed by atoms with E-state index in [1.165, 1.54) is 56.2 Å². The first-order valence-electron chi connectivity index (χ1n) is 7.47. The molecule has 1 aromatic rings. The molecule has 0 aromatic carbocycles. The maximum Gasteiger partial charge on any atom is 0.126 e. The first kappa shape index (κ1) is 12.1. The molecule has 0 aliphatic heterocycles. The molecule has 1 heterocycles. The molecule has 0 bridgehead atoms. The van der Waals surface area contributed by atoms with Crippen molar-refractivity contribution in [3.63, 3.8) is 0 Å². The van der Waals surface area contributed by atoms with Crippen LogP contribution in [0.15, 0.2) is 0 Å². The van der Waals surface area contributed by atoms with Gasteiger partial charge in [0.05, 0.1) is 11.7 Å². The summed E-state index contributed by atoms with van der Waals surface area (Å²) in [6, 6.07) is 0.550. The van der Waals surface area contributed by atoms with Gasteiger partial charge in [0.2, 0.25) is 0 Å². The van der Waals surface area contributed by atoms with Crippen LogP contribution in [0.3, 0.4) is 0 Å². The van der Waals surface area contributed by atoms with Crippen molar-refractivity contribution in [1.29, 1.82) is 0 Å². The maximum absolute atomic E-state index is 6.41. The molecule has 18 heavy (non-hydrogen) atoms. The lowest BCUT2D eigenvalue weighted by Crippen LogP contribution is -2.18. The topological polar surface area (TPSA) is 43.8 Å². The third-order valence-electron chi connectivity index (χ3n) is 4.85. The van der Waals surface area contributed by atoms with Gasteiger partial charge in [0.1, 0.15) is 5.82 Å². The fourth-order valence-electron chi connectivity index (χ4n) is 3.75. The van der Waals surface area contributed by atoms with Crippen LogP contribution in [0.4, 0.5) is 5.82 Å². The number of nitrogen functional groups attached to an aromatic ring is 1. The summed E-state index contributed by atoms with van der Waals surface area (Å²) in [5, 5.41) is 4.84. The van der Waals surface area contributed by atoms with Gasteiger partial charge in [0, 0.05) is 5.56 Å². The third kappa shape index (κ3) is 1.84. The minimum absolute atomic E-state index is 0.225. The van der Waals surface area contributed by atoms with Crippen molar-refractivity contribution >= 4 is 5.82 Å². The van der Waals surface area contributed by atoms with Gasteiger partial charge in [-0.3, -0.25) is 0 Å². The van der Waals surface area contributed by atoms with Crippen molar-refractivity contribution in [2.75, 3.05) is 5.73 Å². The van der Waals surface area contributed by atoms with Gasteiger partial charge < -0.3 is 5.73 Å². The second-order valence-electron chi connectivity index (χ2n) is 6.68. The van der Waals surface area contributed by atoms with Crippen LogP contribution < -0.4 is 5.73 Å². The molecule has 100 valence electrons. The highest BCUT2D eigenvalue weighted by molar-refractivity contribution is 5.51. The zero-order chi connectivity index (χ0) is 12.8. The van der Waals surface area contributed by atoms with Gasteiger partial charge >= 0.3 is 0 Å². The number of anilines is 1. The van der Waals surface area contributed by atoms with E-state index in [2.05, 4.69) is 18.5 Å². The fourth-order valence-corrected chi connectivity index (χ4v) is 3.75. The van der Waals surface area contributed by atoms with Crippen molar-refractivity contribution in [3.8, 4) is 0 Å². The van der Waals surface area contributed by atoms with Crippen LogP contribution in [0.25, 0.3) is 0 Å². The van der Waals surface area contributed by atoms with E-state index in [-0.39, 0.29) is 5.41 Å². The van der Waals surface area contributed by atoms with E-state index in [0.29, 0.717) is 6.04 Å². The molecular formula is C15H25N3. The predicted octanol–water partition coefficient (Wildman–Crippen LogP) is 3.58. The Labute approximate surface area is 110 Å². The molecule has 0 atom stereocenters. The fraction of sp³-hybridized carbons (Fsp3) is 0.800. The van der Waals surface area contributed by atoms with Gasteiger partial charge in [-0.1, -0.05) is 39.5 Å². The Bertz CT molecular complexity index is 437. The van der Waals surface area contributed by atoms with Crippen LogP contribution in [0.2, 0.25) is 0 Å². The van der Waals surface area contributed by atoms with E-state index in [0.717, 1.165) is 12.2 Å². The Morgan fingerprint density at radius 1 is 1.17 bits per heavy atom. The number of nitrogens with two attached hydrogens (primary N) is 1. The molecule has 1 aromatic heterocycles. The normalized spacial score (nSPS) is 23.9. The zero-order valence-corrected chi connectivity index (χ0v) is 11.7. The van der Waals surface area contributed by atoms with E-state index in [1.807, 2.05) is 0 Å². The Morgan fingerprint density at radius 3 is 2.44 bits per heavy atom. The number of hydrogen-bond acceptors (Lipinski definition) is 2. The Kier molecular flexibility index (Phi) is 2.87. The van der Waals surface area contributed by atoms with Crippen LogP contribution in [-0.2, 0) is 11.8 Å². The molecule has 0 saturated heterocycles. The molecule has 2 aliphatic carbocycles. The lowest BCUT2D eigenvalue weighted by atomic mass is 9.87. The lowest BCUT2D eigenvalue weighted by Gasteiger charge is -2.21. The SMILES string of the molecule is CC1(C)CCc2nn(C3CCCCCC3)c(N)c21. The quantitative estimate of drug-likeness (QED) is 0.771. The molecule has 2 aliphatic rings. The van der Waals surface area contributed by atoms with E-state index >= 15 is 0 Å². The molecule has 3 nitrogen and oxygen atoms in total. The summed E-state index contributed by atoms with van der Waals surface area (Å²) >= 11 is 0. The summed E-state index contributed by atoms with van der Waals surface area (Å²) in [4.78, 5) is 0. The minimum Gasteiger partial charge on any atom is -0.384 e. The molecule has 0 spiro atoms. The molecule has 0 radical (unpaired) electrons. The number of rotatable bonds is 1. The van der Waals surface area contributed by atoms with Crippen molar-refractivity contribution < 1.29 is 0 Å². The van der Waals surface area contributed by atoms with E-state index in [1.54, 1.807) is 0 Å². The highest BCUT2D eigenvalue weighted by Gasteiger charge is 2.36. The predicted molar refractivity (Wildman–Crippen MR) is 74.7 cm³/mol. The average Bonchev–Trinajstić information content (AvgIpc) is 2.68. The highest BCUT2D eigenvalue weighted by atomic mass is 15.3. The van der Waals surface area contributed by atoms with Crippen LogP contribution in [-0.4, -0.2) is 9.78 Å². The van der Waals surface area contributed by atoms with Crippen LogP contribution in [0.5, 0.6) is 0 Å². The summed E-state index contributed by atoms with van der Waals surface area (Å²) in [7, 11) is 0. The summed E-state index contributed by atoms with van der Waals surface area (Å²) in [5.74, 6) is 0.958. The van der Waals surface area contributed by atoms with Crippen LogP contribution in [0.1, 0.15) is 76.1 Å². The molecule has 1 saturated carbocycles. The Morgan fingerprint density at radius 2 is 1.83 bits per heavy atom. The molecule has 2 N–H and O–H groups in total. The van der Waals surface area contributed by atoms with E-state index in [9.17, 15) is 0 Å². The van der Waals surface area contributed by atoms with Crippen molar-refractivity contribution in [2.24, 2.45) is 0 Å². The largest absolute Gasteiger partial charge is 0.384 e. The van der Waals surface area contributed by atoms with Crippen molar-refractivity contribution in [2.45, 2.75) is 76.7 Å². The van der Waals surface area contributed by atoms with Crippen molar-refractivity contribution in [3.05, 3.63) is 11.3 Å². The third-order valence-corrected chi connectivity index (χ3v) is 4.85. The smallest absolute Gasteiger partial charge is 0.126 e. The van der Waals surface area contributed by atoms with Gasteiger partial charge in [-0.05, 0) is 31.1 Å². The first-order valence-corrected chi connectivity index (χ1v) is 7.47. The molecular weight excluding hydrogens is 222 g/mol. The zero-order valence-electron chi connectivity index (χ0n) is 11.7.